The predicted octanol–water partition coefficient (Wildman–Crippen LogP) is -0.293. The molecule has 3 N–H and O–H groups in total. The van der Waals surface area contributed by atoms with Crippen molar-refractivity contribution in [3.05, 3.63) is 6.33 Å². The standard InChI is InChI=1S/C12H22N6O/c1-9(2)17-4-3-10(6-17)5-14-11(19)7-18-8-15-12(13)16-18/h8-10H,3-7H2,1-2H3,(H2,13,16)(H,14,19). The number of aromatic nitrogens is 3. The number of nitrogens with two attached hydrogens (primary N) is 1. The molecular formula is C12H22N6O. The highest BCUT2D eigenvalue weighted by Gasteiger charge is 2.24. The van der Waals surface area contributed by atoms with Crippen molar-refractivity contribution >= 4 is 11.9 Å². The fourth-order valence-corrected chi connectivity index (χ4v) is 2.34. The number of amides is 1. The second-order valence-electron chi connectivity index (χ2n) is 5.35. The largest absolute Gasteiger partial charge is 0.367 e. The number of likely N-dealkylation sites (tertiary alicyclic amines) is 1. The summed E-state index contributed by atoms with van der Waals surface area (Å²) in [6, 6.07) is 0.582. The van der Waals surface area contributed by atoms with Crippen molar-refractivity contribution in [3.63, 3.8) is 0 Å². The molecular weight excluding hydrogens is 244 g/mol. The van der Waals surface area contributed by atoms with Crippen LogP contribution in [0, 0.1) is 5.92 Å². The normalized spacial score (nSPS) is 20.1. The van der Waals surface area contributed by atoms with Crippen LogP contribution >= 0.6 is 0 Å². The van der Waals surface area contributed by atoms with Crippen LogP contribution in [0.3, 0.4) is 0 Å². The quantitative estimate of drug-likeness (QED) is 0.764. The molecule has 2 heterocycles. The fraction of sp³-hybridized carbons (Fsp3) is 0.750. The Labute approximate surface area is 113 Å². The summed E-state index contributed by atoms with van der Waals surface area (Å²) in [6.45, 7) is 7.50. The van der Waals surface area contributed by atoms with Crippen LogP contribution in [0.1, 0.15) is 20.3 Å². The molecule has 1 atom stereocenters. The topological polar surface area (TPSA) is 89.1 Å². The molecule has 1 aliphatic rings. The monoisotopic (exact) mass is 266 g/mol. The number of anilines is 1. The fourth-order valence-electron chi connectivity index (χ4n) is 2.34. The van der Waals surface area contributed by atoms with E-state index in [-0.39, 0.29) is 18.4 Å². The lowest BCUT2D eigenvalue weighted by Crippen LogP contribution is -2.34. The zero-order chi connectivity index (χ0) is 13.8. The van der Waals surface area contributed by atoms with Crippen molar-refractivity contribution < 1.29 is 4.79 Å². The molecule has 1 amide bonds. The van der Waals surface area contributed by atoms with Gasteiger partial charge in [-0.25, -0.2) is 9.67 Å². The van der Waals surface area contributed by atoms with Gasteiger partial charge in [0, 0.05) is 19.1 Å². The third-order valence-corrected chi connectivity index (χ3v) is 3.50. The number of rotatable bonds is 5. The minimum Gasteiger partial charge on any atom is -0.367 e. The van der Waals surface area contributed by atoms with E-state index in [0.29, 0.717) is 12.0 Å². The van der Waals surface area contributed by atoms with E-state index in [1.54, 1.807) is 0 Å². The molecule has 1 saturated heterocycles. The molecule has 1 aromatic rings. The van der Waals surface area contributed by atoms with Gasteiger partial charge in [0.15, 0.2) is 0 Å². The highest BCUT2D eigenvalue weighted by molar-refractivity contribution is 5.75. The summed E-state index contributed by atoms with van der Waals surface area (Å²) in [4.78, 5) is 18.0. The van der Waals surface area contributed by atoms with E-state index in [2.05, 4.69) is 34.1 Å². The molecule has 1 aliphatic heterocycles. The van der Waals surface area contributed by atoms with Crippen molar-refractivity contribution in [3.8, 4) is 0 Å². The first kappa shape index (κ1) is 13.8. The van der Waals surface area contributed by atoms with E-state index in [9.17, 15) is 4.79 Å². The third-order valence-electron chi connectivity index (χ3n) is 3.50. The summed E-state index contributed by atoms with van der Waals surface area (Å²) in [5, 5.41) is 6.83. The van der Waals surface area contributed by atoms with Gasteiger partial charge in [0.05, 0.1) is 0 Å². The minimum absolute atomic E-state index is 0.0482. The van der Waals surface area contributed by atoms with Crippen LogP contribution in [-0.2, 0) is 11.3 Å². The van der Waals surface area contributed by atoms with Gasteiger partial charge >= 0.3 is 0 Å². The second-order valence-corrected chi connectivity index (χ2v) is 5.35. The Hall–Kier alpha value is -1.63. The summed E-state index contributed by atoms with van der Waals surface area (Å²) in [6.07, 6.45) is 2.61. The Morgan fingerprint density at radius 3 is 3.00 bits per heavy atom. The van der Waals surface area contributed by atoms with Gasteiger partial charge < -0.3 is 16.0 Å². The number of hydrogen-bond donors (Lipinski definition) is 2. The lowest BCUT2D eigenvalue weighted by Gasteiger charge is -2.20. The number of nitrogen functional groups attached to an aromatic ring is 1. The maximum Gasteiger partial charge on any atom is 0.241 e. The molecule has 0 radical (unpaired) electrons. The lowest BCUT2D eigenvalue weighted by atomic mass is 10.1. The van der Waals surface area contributed by atoms with Crippen LogP contribution in [0.5, 0.6) is 0 Å². The SMILES string of the molecule is CC(C)N1CCC(CNC(=O)Cn2cnc(N)n2)C1. The Kier molecular flexibility index (Phi) is 4.36. The molecule has 1 fully saturated rings. The van der Waals surface area contributed by atoms with Gasteiger partial charge in [0.2, 0.25) is 11.9 Å². The number of nitrogens with zero attached hydrogens (tertiary/aromatic N) is 4. The minimum atomic E-state index is -0.0482. The molecule has 0 spiro atoms. The maximum atomic E-state index is 11.7. The average Bonchev–Trinajstić information content (AvgIpc) is 2.96. The van der Waals surface area contributed by atoms with E-state index < -0.39 is 0 Å². The smallest absolute Gasteiger partial charge is 0.241 e. The van der Waals surface area contributed by atoms with E-state index in [1.165, 1.54) is 11.0 Å². The van der Waals surface area contributed by atoms with Gasteiger partial charge in [-0.2, -0.15) is 0 Å². The molecule has 2 rings (SSSR count). The number of carbonyl (C=O) groups is 1. The summed E-state index contributed by atoms with van der Waals surface area (Å²) in [5.41, 5.74) is 5.39. The number of hydrogen-bond acceptors (Lipinski definition) is 5. The highest BCUT2D eigenvalue weighted by atomic mass is 16.2. The van der Waals surface area contributed by atoms with Crippen LogP contribution in [-0.4, -0.2) is 51.2 Å². The van der Waals surface area contributed by atoms with E-state index >= 15 is 0 Å². The second kappa shape index (κ2) is 6.01. The van der Waals surface area contributed by atoms with Gasteiger partial charge in [-0.1, -0.05) is 0 Å². The molecule has 7 nitrogen and oxygen atoms in total. The first-order valence-electron chi connectivity index (χ1n) is 6.70. The Balaban J connectivity index is 1.70. The van der Waals surface area contributed by atoms with Crippen molar-refractivity contribution in [2.75, 3.05) is 25.4 Å². The van der Waals surface area contributed by atoms with Crippen molar-refractivity contribution in [2.45, 2.75) is 32.9 Å². The molecule has 0 saturated carbocycles. The Morgan fingerprint density at radius 2 is 2.42 bits per heavy atom. The van der Waals surface area contributed by atoms with Crippen LogP contribution < -0.4 is 11.1 Å². The lowest BCUT2D eigenvalue weighted by molar-refractivity contribution is -0.122. The van der Waals surface area contributed by atoms with E-state index in [4.69, 9.17) is 5.73 Å². The number of nitrogens with one attached hydrogen (secondary N) is 1. The van der Waals surface area contributed by atoms with Crippen molar-refractivity contribution in [1.82, 2.24) is 25.0 Å². The molecule has 0 aliphatic carbocycles. The van der Waals surface area contributed by atoms with Crippen LogP contribution in [0.15, 0.2) is 6.33 Å². The highest BCUT2D eigenvalue weighted by Crippen LogP contribution is 2.17. The van der Waals surface area contributed by atoms with Gasteiger partial charge in [-0.05, 0) is 32.7 Å². The molecule has 19 heavy (non-hydrogen) atoms. The summed E-state index contributed by atoms with van der Waals surface area (Å²) in [7, 11) is 0. The summed E-state index contributed by atoms with van der Waals surface area (Å²) < 4.78 is 1.44. The summed E-state index contributed by atoms with van der Waals surface area (Å²) >= 11 is 0. The van der Waals surface area contributed by atoms with E-state index in [0.717, 1.165) is 26.1 Å². The first-order valence-corrected chi connectivity index (χ1v) is 6.70. The first-order chi connectivity index (χ1) is 9.04. The molecule has 106 valence electrons. The van der Waals surface area contributed by atoms with Gasteiger partial charge in [-0.15, -0.1) is 5.10 Å². The van der Waals surface area contributed by atoms with Crippen molar-refractivity contribution in [2.24, 2.45) is 5.92 Å². The van der Waals surface area contributed by atoms with Crippen molar-refractivity contribution in [1.29, 1.82) is 0 Å². The average molecular weight is 266 g/mol. The number of carbonyl (C=O) groups excluding carboxylic acids is 1. The van der Waals surface area contributed by atoms with Gasteiger partial charge in [-0.3, -0.25) is 4.79 Å². The van der Waals surface area contributed by atoms with E-state index in [1.807, 2.05) is 0 Å². The summed E-state index contributed by atoms with van der Waals surface area (Å²) in [5.74, 6) is 0.691. The molecule has 1 aromatic heterocycles. The van der Waals surface area contributed by atoms with Gasteiger partial charge in [0.1, 0.15) is 12.9 Å². The Bertz CT molecular complexity index is 430. The Morgan fingerprint density at radius 1 is 1.63 bits per heavy atom. The molecule has 0 aromatic carbocycles. The molecule has 1 unspecified atom stereocenters. The van der Waals surface area contributed by atoms with Crippen LogP contribution in [0.4, 0.5) is 5.95 Å². The molecule has 0 bridgehead atoms. The van der Waals surface area contributed by atoms with Gasteiger partial charge in [0.25, 0.3) is 0 Å². The predicted molar refractivity (Wildman–Crippen MR) is 72.3 cm³/mol. The van der Waals surface area contributed by atoms with Crippen LogP contribution in [0.2, 0.25) is 0 Å². The van der Waals surface area contributed by atoms with Crippen LogP contribution in [0.25, 0.3) is 0 Å². The zero-order valence-corrected chi connectivity index (χ0v) is 11.5. The maximum absolute atomic E-state index is 11.7. The molecule has 7 heteroatoms. The third kappa shape index (κ3) is 3.92. The zero-order valence-electron chi connectivity index (χ0n) is 11.5.